The van der Waals surface area contributed by atoms with E-state index in [0.717, 1.165) is 92.7 Å². The summed E-state index contributed by atoms with van der Waals surface area (Å²) in [5.74, 6) is 9.45. The van der Waals surface area contributed by atoms with Gasteiger partial charge in [-0.05, 0) is 293 Å². The van der Waals surface area contributed by atoms with Gasteiger partial charge >= 0.3 is 0 Å². The Morgan fingerprint density at radius 1 is 0.276 bits per heavy atom. The number of hydrogen-bond acceptors (Lipinski definition) is 7. The Labute approximate surface area is 645 Å². The first-order chi connectivity index (χ1) is 50.4. The van der Waals surface area contributed by atoms with E-state index in [2.05, 4.69) is 287 Å². The molecule has 105 heavy (non-hydrogen) atoms. The van der Waals surface area contributed by atoms with Crippen LogP contribution in [-0.4, -0.2) is 45.7 Å². The fourth-order valence-electron chi connectivity index (χ4n) is 11.7. The molecule has 0 heterocycles. The van der Waals surface area contributed by atoms with Gasteiger partial charge in [0, 0.05) is 0 Å². The summed E-state index contributed by atoms with van der Waals surface area (Å²) < 4.78 is 40.9. The molecule has 1 fully saturated rings. The molecule has 586 valence electrons. The number of ether oxygens (including phenoxy) is 7. The van der Waals surface area contributed by atoms with Crippen LogP contribution in [0.4, 0.5) is 0 Å². The monoisotopic (exact) mass is 1440 g/mol. The summed E-state index contributed by atoms with van der Waals surface area (Å²) in [6.45, 7) is 54.5. The van der Waals surface area contributed by atoms with E-state index in [-0.39, 0.29) is 0 Å². The molecule has 7 aromatic rings. The molecular weight excluding hydrogens is 1290 g/mol. The van der Waals surface area contributed by atoms with Gasteiger partial charge < -0.3 is 33.2 Å². The number of hydrogen-bond donors (Lipinski definition) is 0. The zero-order valence-corrected chi connectivity index (χ0v) is 71.3. The summed E-state index contributed by atoms with van der Waals surface area (Å²) in [6.07, 6.45) is 29.3. The Morgan fingerprint density at radius 2 is 0.543 bits per heavy atom. The molecular formula is C98H152O7. The summed E-state index contributed by atoms with van der Waals surface area (Å²) in [4.78, 5) is 0. The number of rotatable bonds is 35. The minimum atomic E-state index is 0.458. The van der Waals surface area contributed by atoms with Gasteiger partial charge in [-0.15, -0.1) is 0 Å². The highest BCUT2D eigenvalue weighted by Crippen LogP contribution is 2.29. The van der Waals surface area contributed by atoms with Crippen LogP contribution in [-0.2, 0) is 0 Å². The van der Waals surface area contributed by atoms with Crippen LogP contribution in [0.5, 0.6) is 40.2 Å². The summed E-state index contributed by atoms with van der Waals surface area (Å²) in [7, 11) is 0. The second-order valence-electron chi connectivity index (χ2n) is 30.4. The lowest BCUT2D eigenvalue weighted by atomic mass is 9.97. The third kappa shape index (κ3) is 43.5. The van der Waals surface area contributed by atoms with Crippen LogP contribution >= 0.6 is 0 Å². The lowest BCUT2D eigenvalue weighted by Gasteiger charge is -2.24. The van der Waals surface area contributed by atoms with Crippen molar-refractivity contribution in [1.82, 2.24) is 0 Å². The van der Waals surface area contributed by atoms with E-state index in [1.54, 1.807) is 0 Å². The minimum Gasteiger partial charge on any atom is -0.493 e. The topological polar surface area (TPSA) is 64.6 Å². The van der Waals surface area contributed by atoms with Crippen LogP contribution in [0.25, 0.3) is 0 Å². The first-order valence-corrected chi connectivity index (χ1v) is 41.3. The molecule has 0 saturated heterocycles. The van der Waals surface area contributed by atoms with E-state index in [4.69, 9.17) is 33.2 Å². The molecule has 0 N–H and O–H groups in total. The molecule has 7 heteroatoms. The molecule has 1 saturated carbocycles. The van der Waals surface area contributed by atoms with Crippen LogP contribution in [0.2, 0.25) is 0 Å². The molecule has 1 atom stereocenters. The van der Waals surface area contributed by atoms with Gasteiger partial charge in [-0.1, -0.05) is 237 Å². The van der Waals surface area contributed by atoms with Gasteiger partial charge in [-0.2, -0.15) is 0 Å². The molecule has 1 aliphatic rings. The van der Waals surface area contributed by atoms with Gasteiger partial charge in [-0.25, -0.2) is 0 Å². The Kier molecular flexibility index (Phi) is 51.4. The SMILES string of the molecule is CCC(CC)COc1cc(C)ccc1C.CCCC(CC)COc1cc(C)ccc1C.CCCCCCCOc1cc(C)ccc1C.CCCCCCOc1cc(C)ccc1C.CCCCCOc1cc(C)ccc1C.Cc1ccc(C)c(OC2CCCCC2)c1.Cc1ccc(C)c(OCCC(C)C)c1. The Balaban J connectivity index is 0.000000416. The van der Waals surface area contributed by atoms with Gasteiger partial charge in [0.2, 0.25) is 0 Å². The molecule has 7 aromatic carbocycles. The second-order valence-corrected chi connectivity index (χ2v) is 30.4. The Bertz CT molecular complexity index is 3350. The number of unbranched alkanes of at least 4 members (excludes halogenated alkanes) is 9. The van der Waals surface area contributed by atoms with Crippen molar-refractivity contribution in [3.8, 4) is 40.2 Å². The maximum Gasteiger partial charge on any atom is 0.122 e. The molecule has 0 aliphatic heterocycles. The maximum absolute atomic E-state index is 6.07. The van der Waals surface area contributed by atoms with Crippen molar-refractivity contribution in [2.45, 2.75) is 313 Å². The van der Waals surface area contributed by atoms with Gasteiger partial charge in [0.05, 0.1) is 45.7 Å². The second kappa shape index (κ2) is 57.3. The Morgan fingerprint density at radius 3 is 0.857 bits per heavy atom. The molecule has 1 aliphatic carbocycles. The van der Waals surface area contributed by atoms with E-state index >= 15 is 0 Å². The lowest BCUT2D eigenvalue weighted by Crippen LogP contribution is -2.20. The maximum atomic E-state index is 6.07. The molecule has 0 radical (unpaired) electrons. The molecule has 0 spiro atoms. The summed E-state index contributed by atoms with van der Waals surface area (Å²) in [5, 5.41) is 0. The predicted molar refractivity (Wildman–Crippen MR) is 457 cm³/mol. The summed E-state index contributed by atoms with van der Waals surface area (Å²) in [5.41, 5.74) is 17.5. The van der Waals surface area contributed by atoms with Gasteiger partial charge in [0.15, 0.2) is 0 Å². The molecule has 7 nitrogen and oxygen atoms in total. The number of aryl methyl sites for hydroxylation is 14. The van der Waals surface area contributed by atoms with Crippen molar-refractivity contribution in [3.63, 3.8) is 0 Å². The third-order valence-corrected chi connectivity index (χ3v) is 19.3. The van der Waals surface area contributed by atoms with Crippen LogP contribution in [0.3, 0.4) is 0 Å². The first-order valence-electron chi connectivity index (χ1n) is 41.3. The van der Waals surface area contributed by atoms with Gasteiger partial charge in [0.1, 0.15) is 40.2 Å². The summed E-state index contributed by atoms with van der Waals surface area (Å²) in [6, 6.07) is 44.6. The van der Waals surface area contributed by atoms with E-state index in [9.17, 15) is 0 Å². The zero-order chi connectivity index (χ0) is 77.7. The van der Waals surface area contributed by atoms with Crippen LogP contribution < -0.4 is 33.2 Å². The summed E-state index contributed by atoms with van der Waals surface area (Å²) >= 11 is 0. The highest BCUT2D eigenvalue weighted by molar-refractivity contribution is 5.41. The molecule has 1 unspecified atom stereocenters. The minimum absolute atomic E-state index is 0.458. The standard InChI is InChI=1S/2C15H24O.C14H20O.2C14H22O.2C13H20O/c1-5-7-14(6-2)11-16-15-10-12(3)8-9-13(15)4;1-4-5-6-7-8-11-16-15-12-13(2)9-10-14(15)3;1-11-8-9-12(2)14(10-11)15-13-6-4-3-5-7-13;1-5-13(6-2)10-15-14-9-11(3)7-8-12(14)4;1-4-5-6-7-10-15-14-11-12(2)8-9-13(14)3;1-10(2)7-8-14-13-9-11(3)5-6-12(13)4;1-4-5-6-9-14-13-10-11(2)7-8-12(13)3/h8-10,14H,5-7,11H2,1-4H3;9-10,12H,4-8,11H2,1-3H3;8-10,13H,3-7H2,1-2H3;7-9,13H,5-6,10H2,1-4H3;8-9,11H,4-7,10H2,1-3H3;5-6,9-10H,7-8H2,1-4H3;7-8,10H,4-6,9H2,1-3H3. The highest BCUT2D eigenvalue weighted by Gasteiger charge is 2.16. The van der Waals surface area contributed by atoms with Gasteiger partial charge in [-0.3, -0.25) is 0 Å². The normalized spacial score (nSPS) is 11.8. The smallest absolute Gasteiger partial charge is 0.122 e. The van der Waals surface area contributed by atoms with E-state index in [1.165, 1.54) is 213 Å². The Hall–Kier alpha value is -6.86. The largest absolute Gasteiger partial charge is 0.493 e. The van der Waals surface area contributed by atoms with Crippen molar-refractivity contribution in [3.05, 3.63) is 205 Å². The van der Waals surface area contributed by atoms with E-state index < -0.39 is 0 Å². The highest BCUT2D eigenvalue weighted by atomic mass is 16.5. The van der Waals surface area contributed by atoms with E-state index in [0.29, 0.717) is 23.9 Å². The average Bonchev–Trinajstić information content (AvgIpc) is 0.903. The van der Waals surface area contributed by atoms with Gasteiger partial charge in [0.25, 0.3) is 0 Å². The van der Waals surface area contributed by atoms with Crippen LogP contribution in [0.1, 0.15) is 288 Å². The zero-order valence-electron chi connectivity index (χ0n) is 71.3. The fourth-order valence-corrected chi connectivity index (χ4v) is 11.7. The predicted octanol–water partition coefficient (Wildman–Crippen LogP) is 29.2. The van der Waals surface area contributed by atoms with Crippen molar-refractivity contribution in [1.29, 1.82) is 0 Å². The number of benzene rings is 7. The van der Waals surface area contributed by atoms with Crippen molar-refractivity contribution >= 4 is 0 Å². The van der Waals surface area contributed by atoms with Crippen LogP contribution in [0.15, 0.2) is 127 Å². The molecule has 0 aromatic heterocycles. The average molecular weight is 1440 g/mol. The molecule has 8 rings (SSSR count). The lowest BCUT2D eigenvalue weighted by molar-refractivity contribution is 0.154. The van der Waals surface area contributed by atoms with Crippen molar-refractivity contribution in [2.75, 3.05) is 39.6 Å². The quantitative estimate of drug-likeness (QED) is 0.0367. The molecule has 0 bridgehead atoms. The van der Waals surface area contributed by atoms with Crippen molar-refractivity contribution in [2.24, 2.45) is 17.8 Å². The third-order valence-electron chi connectivity index (χ3n) is 19.3. The van der Waals surface area contributed by atoms with Crippen LogP contribution in [0, 0.1) is 115 Å². The van der Waals surface area contributed by atoms with Crippen molar-refractivity contribution < 1.29 is 33.2 Å². The first kappa shape index (κ1) is 94.2. The molecule has 0 amide bonds. The van der Waals surface area contributed by atoms with E-state index in [1.807, 2.05) is 0 Å². The fraction of sp³-hybridized carbons (Fsp3) is 0.571.